The molecule has 1 rings (SSSR count). The summed E-state index contributed by atoms with van der Waals surface area (Å²) in [7, 11) is 3.81. The average molecular weight is 177 g/mol. The molecule has 0 radical (unpaired) electrons. The van der Waals surface area contributed by atoms with Crippen LogP contribution in [0.15, 0.2) is 36.0 Å². The minimum atomic E-state index is 0.209. The van der Waals surface area contributed by atoms with Crippen LogP contribution in [0.4, 0.5) is 0 Å². The van der Waals surface area contributed by atoms with Crippen molar-refractivity contribution < 1.29 is 4.79 Å². The third-order valence-electron chi connectivity index (χ3n) is 1.81. The first-order chi connectivity index (χ1) is 6.20. The van der Waals surface area contributed by atoms with Crippen LogP contribution in [0.5, 0.6) is 0 Å². The molecule has 0 amide bonds. The van der Waals surface area contributed by atoms with E-state index in [1.165, 1.54) is 0 Å². The van der Waals surface area contributed by atoms with E-state index in [4.69, 9.17) is 0 Å². The first kappa shape index (κ1) is 9.93. The van der Waals surface area contributed by atoms with Gasteiger partial charge < -0.3 is 4.90 Å². The molecule has 0 aliphatic heterocycles. The van der Waals surface area contributed by atoms with Crippen LogP contribution < -0.4 is 0 Å². The second kappa shape index (κ2) is 4.77. The summed E-state index contributed by atoms with van der Waals surface area (Å²) in [4.78, 5) is 13.5. The summed E-state index contributed by atoms with van der Waals surface area (Å²) in [5.74, 6) is 0.209. The van der Waals surface area contributed by atoms with Gasteiger partial charge in [-0.05, 0) is 20.5 Å². The van der Waals surface area contributed by atoms with E-state index in [-0.39, 0.29) is 5.78 Å². The van der Waals surface area contributed by atoms with Crippen molar-refractivity contribution in [3.8, 4) is 0 Å². The standard InChI is InChI=1S/C11H15NO/c1-12(2)9-11(13)10-7-5-3-4-6-8-10/h3-7H,8-9H2,1-2H3. The van der Waals surface area contributed by atoms with Crippen molar-refractivity contribution in [2.75, 3.05) is 20.6 Å². The van der Waals surface area contributed by atoms with Gasteiger partial charge in [0.05, 0.1) is 6.54 Å². The molecule has 0 heterocycles. The van der Waals surface area contributed by atoms with Crippen molar-refractivity contribution in [2.24, 2.45) is 0 Å². The normalized spacial score (nSPS) is 15.8. The smallest absolute Gasteiger partial charge is 0.173 e. The monoisotopic (exact) mass is 177 g/mol. The molecule has 0 aromatic carbocycles. The number of ketones is 1. The number of carbonyl (C=O) groups is 1. The van der Waals surface area contributed by atoms with Gasteiger partial charge in [-0.1, -0.05) is 30.4 Å². The molecule has 0 bridgehead atoms. The molecule has 0 saturated heterocycles. The van der Waals surface area contributed by atoms with Gasteiger partial charge in [0.25, 0.3) is 0 Å². The second-order valence-corrected chi connectivity index (χ2v) is 3.37. The fourth-order valence-electron chi connectivity index (χ4n) is 1.17. The fraction of sp³-hybridized carbons (Fsp3) is 0.364. The lowest BCUT2D eigenvalue weighted by Gasteiger charge is -2.09. The Balaban J connectivity index is 2.61. The Morgan fingerprint density at radius 2 is 2.15 bits per heavy atom. The highest BCUT2D eigenvalue weighted by atomic mass is 16.1. The van der Waals surface area contributed by atoms with Gasteiger partial charge in [0.2, 0.25) is 0 Å². The first-order valence-electron chi connectivity index (χ1n) is 4.40. The highest BCUT2D eigenvalue weighted by Gasteiger charge is 2.08. The van der Waals surface area contributed by atoms with Crippen molar-refractivity contribution in [3.05, 3.63) is 36.0 Å². The Labute approximate surface area is 79.2 Å². The third kappa shape index (κ3) is 3.38. The van der Waals surface area contributed by atoms with E-state index in [9.17, 15) is 4.79 Å². The van der Waals surface area contributed by atoms with E-state index in [1.807, 2.05) is 49.4 Å². The summed E-state index contributed by atoms with van der Waals surface area (Å²) < 4.78 is 0. The molecule has 0 spiro atoms. The molecule has 0 unspecified atom stereocenters. The van der Waals surface area contributed by atoms with E-state index >= 15 is 0 Å². The van der Waals surface area contributed by atoms with Gasteiger partial charge in [-0.15, -0.1) is 0 Å². The summed E-state index contributed by atoms with van der Waals surface area (Å²) in [5.41, 5.74) is 0.888. The highest BCUT2D eigenvalue weighted by Crippen LogP contribution is 2.08. The average Bonchev–Trinajstić information content (AvgIpc) is 2.29. The lowest BCUT2D eigenvalue weighted by Crippen LogP contribution is -2.22. The van der Waals surface area contributed by atoms with Crippen molar-refractivity contribution in [2.45, 2.75) is 6.42 Å². The Hall–Kier alpha value is -1.15. The minimum absolute atomic E-state index is 0.209. The maximum Gasteiger partial charge on any atom is 0.173 e. The van der Waals surface area contributed by atoms with Gasteiger partial charge in [0.15, 0.2) is 5.78 Å². The lowest BCUT2D eigenvalue weighted by molar-refractivity contribution is -0.116. The van der Waals surface area contributed by atoms with Crippen molar-refractivity contribution in [3.63, 3.8) is 0 Å². The van der Waals surface area contributed by atoms with Crippen molar-refractivity contribution in [1.82, 2.24) is 4.90 Å². The fourth-order valence-corrected chi connectivity index (χ4v) is 1.17. The van der Waals surface area contributed by atoms with Gasteiger partial charge in [0.1, 0.15) is 0 Å². The van der Waals surface area contributed by atoms with Gasteiger partial charge >= 0.3 is 0 Å². The summed E-state index contributed by atoms with van der Waals surface area (Å²) in [5, 5.41) is 0. The molecule has 2 nitrogen and oxygen atoms in total. The number of likely N-dealkylation sites (N-methyl/N-ethyl adjacent to an activating group) is 1. The minimum Gasteiger partial charge on any atom is -0.302 e. The summed E-state index contributed by atoms with van der Waals surface area (Å²) >= 11 is 0. The summed E-state index contributed by atoms with van der Waals surface area (Å²) in [6.07, 6.45) is 10.5. The number of carbonyl (C=O) groups excluding carboxylic acids is 1. The largest absolute Gasteiger partial charge is 0.302 e. The molecule has 70 valence electrons. The first-order valence-corrected chi connectivity index (χ1v) is 4.40. The summed E-state index contributed by atoms with van der Waals surface area (Å²) in [6.45, 7) is 0.494. The van der Waals surface area contributed by atoms with Crippen molar-refractivity contribution in [1.29, 1.82) is 0 Å². The van der Waals surface area contributed by atoms with Crippen molar-refractivity contribution >= 4 is 5.78 Å². The highest BCUT2D eigenvalue weighted by molar-refractivity contribution is 5.97. The molecule has 1 aliphatic rings. The topological polar surface area (TPSA) is 20.3 Å². The maximum atomic E-state index is 11.6. The number of hydrogen-bond acceptors (Lipinski definition) is 2. The molecule has 0 aromatic heterocycles. The predicted molar refractivity (Wildman–Crippen MR) is 54.5 cm³/mol. The molecule has 1 aliphatic carbocycles. The van der Waals surface area contributed by atoms with Gasteiger partial charge in [0, 0.05) is 5.57 Å². The lowest BCUT2D eigenvalue weighted by atomic mass is 10.1. The van der Waals surface area contributed by atoms with Crippen LogP contribution >= 0.6 is 0 Å². The Kier molecular flexibility index (Phi) is 3.65. The molecule has 0 fully saturated rings. The molecular weight excluding hydrogens is 162 g/mol. The number of nitrogens with zero attached hydrogens (tertiary/aromatic N) is 1. The molecular formula is C11H15NO. The van der Waals surface area contributed by atoms with Crippen LogP contribution in [-0.2, 0) is 4.79 Å². The van der Waals surface area contributed by atoms with Crippen LogP contribution in [-0.4, -0.2) is 31.3 Å². The zero-order chi connectivity index (χ0) is 9.68. The SMILES string of the molecule is CN(C)CC(=O)C1=CC=CC=CC1. The molecule has 0 atom stereocenters. The predicted octanol–water partition coefficient (Wildman–Crippen LogP) is 1.56. The number of allylic oxidation sites excluding steroid dienone is 5. The number of Topliss-reactive ketones (excluding diaryl/α,β-unsaturated/α-hetero) is 1. The van der Waals surface area contributed by atoms with Crippen LogP contribution in [0.3, 0.4) is 0 Å². The Morgan fingerprint density at radius 1 is 1.38 bits per heavy atom. The number of rotatable bonds is 3. The van der Waals surface area contributed by atoms with Crippen LogP contribution in [0, 0.1) is 0 Å². The van der Waals surface area contributed by atoms with E-state index in [0.717, 1.165) is 12.0 Å². The van der Waals surface area contributed by atoms with Gasteiger partial charge in [-0.2, -0.15) is 0 Å². The van der Waals surface area contributed by atoms with E-state index in [2.05, 4.69) is 0 Å². The van der Waals surface area contributed by atoms with E-state index in [1.54, 1.807) is 0 Å². The molecule has 2 heteroatoms. The maximum absolute atomic E-state index is 11.6. The second-order valence-electron chi connectivity index (χ2n) is 3.37. The van der Waals surface area contributed by atoms with Crippen LogP contribution in [0.25, 0.3) is 0 Å². The molecule has 0 aromatic rings. The zero-order valence-electron chi connectivity index (χ0n) is 8.16. The van der Waals surface area contributed by atoms with Crippen LogP contribution in [0.1, 0.15) is 6.42 Å². The Morgan fingerprint density at radius 3 is 2.85 bits per heavy atom. The quantitative estimate of drug-likeness (QED) is 0.652. The third-order valence-corrected chi connectivity index (χ3v) is 1.81. The van der Waals surface area contributed by atoms with Gasteiger partial charge in [-0.3, -0.25) is 4.79 Å². The summed E-state index contributed by atoms with van der Waals surface area (Å²) in [6, 6.07) is 0. The molecule has 0 N–H and O–H groups in total. The molecule has 13 heavy (non-hydrogen) atoms. The van der Waals surface area contributed by atoms with E-state index < -0.39 is 0 Å². The van der Waals surface area contributed by atoms with Crippen LogP contribution in [0.2, 0.25) is 0 Å². The van der Waals surface area contributed by atoms with Gasteiger partial charge in [-0.25, -0.2) is 0 Å². The van der Waals surface area contributed by atoms with E-state index in [0.29, 0.717) is 6.54 Å². The molecule has 0 saturated carbocycles. The number of hydrogen-bond donors (Lipinski definition) is 0. The Bertz CT molecular complexity index is 272. The zero-order valence-corrected chi connectivity index (χ0v) is 8.16.